The van der Waals surface area contributed by atoms with Crippen molar-refractivity contribution in [3.05, 3.63) is 29.3 Å². The van der Waals surface area contributed by atoms with Gasteiger partial charge in [0, 0.05) is 13.0 Å². The van der Waals surface area contributed by atoms with Crippen molar-refractivity contribution in [2.45, 2.75) is 25.5 Å². The van der Waals surface area contributed by atoms with Gasteiger partial charge in [0.25, 0.3) is 5.91 Å². The number of carboxylic acid groups (broad SMARTS) is 1. The van der Waals surface area contributed by atoms with E-state index in [2.05, 4.69) is 5.32 Å². The number of amides is 1. The van der Waals surface area contributed by atoms with Crippen molar-refractivity contribution in [1.82, 2.24) is 5.32 Å². The number of rotatable bonds is 7. The lowest BCUT2D eigenvalue weighted by Crippen LogP contribution is -2.46. The average molecular weight is 302 g/mol. The molecular formula is C13H16ClNO5. The molecular weight excluding hydrogens is 286 g/mol. The van der Waals surface area contributed by atoms with E-state index in [0.29, 0.717) is 10.8 Å². The third-order valence-electron chi connectivity index (χ3n) is 2.54. The van der Waals surface area contributed by atoms with Crippen molar-refractivity contribution in [1.29, 1.82) is 0 Å². The fraction of sp³-hybridized carbons (Fsp3) is 0.385. The van der Waals surface area contributed by atoms with E-state index < -0.39 is 24.0 Å². The Labute approximate surface area is 121 Å². The molecule has 0 aliphatic heterocycles. The summed E-state index contributed by atoms with van der Waals surface area (Å²) < 4.78 is 5.37. The number of carbonyl (C=O) groups is 2. The van der Waals surface area contributed by atoms with Crippen molar-refractivity contribution in [3.8, 4) is 5.75 Å². The molecule has 0 heterocycles. The van der Waals surface area contributed by atoms with Gasteiger partial charge in [-0.1, -0.05) is 23.7 Å². The van der Waals surface area contributed by atoms with Gasteiger partial charge in [-0.05, 0) is 19.1 Å². The Kier molecular flexibility index (Phi) is 6.27. The third-order valence-corrected chi connectivity index (χ3v) is 2.85. The van der Waals surface area contributed by atoms with E-state index >= 15 is 0 Å². The molecule has 110 valence electrons. The summed E-state index contributed by atoms with van der Waals surface area (Å²) in [5, 5.41) is 20.3. The summed E-state index contributed by atoms with van der Waals surface area (Å²) in [7, 11) is 0. The predicted molar refractivity (Wildman–Crippen MR) is 72.8 cm³/mol. The van der Waals surface area contributed by atoms with Gasteiger partial charge in [-0.3, -0.25) is 4.79 Å². The molecule has 0 radical (unpaired) electrons. The van der Waals surface area contributed by atoms with Gasteiger partial charge in [0.05, 0.1) is 5.02 Å². The molecule has 1 rings (SSSR count). The van der Waals surface area contributed by atoms with Gasteiger partial charge in [-0.25, -0.2) is 4.79 Å². The number of benzene rings is 1. The number of aliphatic hydroxyl groups is 1. The molecule has 2 atom stereocenters. The number of hydrogen-bond acceptors (Lipinski definition) is 4. The summed E-state index contributed by atoms with van der Waals surface area (Å²) in [5.41, 5.74) is 0. The van der Waals surface area contributed by atoms with Gasteiger partial charge in [-0.15, -0.1) is 0 Å². The van der Waals surface area contributed by atoms with Crippen LogP contribution in [0.3, 0.4) is 0 Å². The van der Waals surface area contributed by atoms with Crippen LogP contribution in [0.4, 0.5) is 0 Å². The molecule has 0 saturated heterocycles. The number of nitrogens with one attached hydrogen (secondary N) is 1. The molecule has 20 heavy (non-hydrogen) atoms. The Morgan fingerprint density at radius 3 is 2.60 bits per heavy atom. The second kappa shape index (κ2) is 7.72. The maximum atomic E-state index is 11.8. The van der Waals surface area contributed by atoms with E-state index in [4.69, 9.17) is 26.6 Å². The summed E-state index contributed by atoms with van der Waals surface area (Å²) in [6, 6.07) is 5.51. The van der Waals surface area contributed by atoms with Crippen LogP contribution in [0.15, 0.2) is 24.3 Å². The Hall–Kier alpha value is -1.79. The SMILES string of the molecule is CC(Oc1ccccc1Cl)C(=O)NC(CCO)C(=O)O. The zero-order chi connectivity index (χ0) is 15.1. The maximum Gasteiger partial charge on any atom is 0.326 e. The highest BCUT2D eigenvalue weighted by molar-refractivity contribution is 6.32. The van der Waals surface area contributed by atoms with E-state index in [1.807, 2.05) is 0 Å². The minimum Gasteiger partial charge on any atom is -0.480 e. The van der Waals surface area contributed by atoms with E-state index in [0.717, 1.165) is 0 Å². The van der Waals surface area contributed by atoms with Crippen LogP contribution in [-0.2, 0) is 9.59 Å². The van der Waals surface area contributed by atoms with Crippen LogP contribution in [0.1, 0.15) is 13.3 Å². The van der Waals surface area contributed by atoms with Gasteiger partial charge in [0.2, 0.25) is 0 Å². The number of carbonyl (C=O) groups excluding carboxylic acids is 1. The number of carboxylic acids is 1. The van der Waals surface area contributed by atoms with Gasteiger partial charge in [-0.2, -0.15) is 0 Å². The summed E-state index contributed by atoms with van der Waals surface area (Å²) >= 11 is 5.90. The Morgan fingerprint density at radius 1 is 1.40 bits per heavy atom. The monoisotopic (exact) mass is 301 g/mol. The van der Waals surface area contributed by atoms with Crippen LogP contribution in [0.5, 0.6) is 5.75 Å². The van der Waals surface area contributed by atoms with Crippen molar-refractivity contribution in [3.63, 3.8) is 0 Å². The van der Waals surface area contributed by atoms with Crippen molar-refractivity contribution < 1.29 is 24.5 Å². The minimum absolute atomic E-state index is 0.0696. The highest BCUT2D eigenvalue weighted by Crippen LogP contribution is 2.24. The number of halogens is 1. The third kappa shape index (κ3) is 4.71. The van der Waals surface area contributed by atoms with E-state index in [9.17, 15) is 9.59 Å². The summed E-state index contributed by atoms with van der Waals surface area (Å²) in [4.78, 5) is 22.7. The largest absolute Gasteiger partial charge is 0.480 e. The van der Waals surface area contributed by atoms with Crippen LogP contribution in [0.2, 0.25) is 5.02 Å². The first kappa shape index (κ1) is 16.3. The van der Waals surface area contributed by atoms with Gasteiger partial charge < -0.3 is 20.3 Å². The summed E-state index contributed by atoms with van der Waals surface area (Å²) in [5.74, 6) is -1.46. The lowest BCUT2D eigenvalue weighted by atomic mass is 10.2. The van der Waals surface area contributed by atoms with Crippen LogP contribution in [0.25, 0.3) is 0 Å². The highest BCUT2D eigenvalue weighted by Gasteiger charge is 2.23. The zero-order valence-electron chi connectivity index (χ0n) is 10.9. The Balaban J connectivity index is 2.63. The van der Waals surface area contributed by atoms with Crippen LogP contribution >= 0.6 is 11.6 Å². The fourth-order valence-corrected chi connectivity index (χ4v) is 1.64. The second-order valence-electron chi connectivity index (χ2n) is 4.10. The zero-order valence-corrected chi connectivity index (χ0v) is 11.6. The maximum absolute atomic E-state index is 11.8. The molecule has 0 aliphatic carbocycles. The molecule has 0 fully saturated rings. The molecule has 0 saturated carbocycles. The number of aliphatic hydroxyl groups excluding tert-OH is 1. The molecule has 2 unspecified atom stereocenters. The first-order valence-electron chi connectivity index (χ1n) is 6.01. The molecule has 3 N–H and O–H groups in total. The number of ether oxygens (including phenoxy) is 1. The van der Waals surface area contributed by atoms with Crippen molar-refractivity contribution >= 4 is 23.5 Å². The lowest BCUT2D eigenvalue weighted by molar-refractivity contribution is -0.143. The standard InChI is InChI=1S/C13H16ClNO5/c1-8(20-11-5-3-2-4-9(11)14)12(17)15-10(6-7-16)13(18)19/h2-5,8,10,16H,6-7H2,1H3,(H,15,17)(H,18,19). The molecule has 1 amide bonds. The molecule has 0 aromatic heterocycles. The van der Waals surface area contributed by atoms with Gasteiger partial charge in [0.15, 0.2) is 6.10 Å². The normalized spacial score (nSPS) is 13.3. The van der Waals surface area contributed by atoms with Gasteiger partial charge in [0.1, 0.15) is 11.8 Å². The molecule has 0 aliphatic rings. The number of para-hydroxylation sites is 1. The Bertz CT molecular complexity index is 480. The van der Waals surface area contributed by atoms with Crippen LogP contribution in [0, 0.1) is 0 Å². The van der Waals surface area contributed by atoms with E-state index in [1.165, 1.54) is 6.92 Å². The molecule has 0 spiro atoms. The molecule has 1 aromatic rings. The molecule has 0 bridgehead atoms. The first-order valence-corrected chi connectivity index (χ1v) is 6.38. The summed E-state index contributed by atoms with van der Waals surface area (Å²) in [6.45, 7) is 1.15. The highest BCUT2D eigenvalue weighted by atomic mass is 35.5. The van der Waals surface area contributed by atoms with Crippen molar-refractivity contribution in [2.75, 3.05) is 6.61 Å². The lowest BCUT2D eigenvalue weighted by Gasteiger charge is -2.18. The summed E-state index contributed by atoms with van der Waals surface area (Å²) in [6.07, 6.45) is -0.977. The molecule has 1 aromatic carbocycles. The smallest absolute Gasteiger partial charge is 0.326 e. The van der Waals surface area contributed by atoms with E-state index in [-0.39, 0.29) is 13.0 Å². The fourth-order valence-electron chi connectivity index (χ4n) is 1.46. The first-order chi connectivity index (χ1) is 9.45. The number of aliphatic carboxylic acids is 1. The van der Waals surface area contributed by atoms with Crippen molar-refractivity contribution in [2.24, 2.45) is 0 Å². The Morgan fingerprint density at radius 2 is 2.05 bits per heavy atom. The van der Waals surface area contributed by atoms with Crippen LogP contribution < -0.4 is 10.1 Å². The quantitative estimate of drug-likeness (QED) is 0.700. The minimum atomic E-state index is -1.21. The van der Waals surface area contributed by atoms with Crippen LogP contribution in [-0.4, -0.2) is 40.8 Å². The van der Waals surface area contributed by atoms with E-state index in [1.54, 1.807) is 24.3 Å². The topological polar surface area (TPSA) is 95.9 Å². The predicted octanol–water partition coefficient (Wildman–Crippen LogP) is 1.06. The molecule has 7 heteroatoms. The number of hydrogen-bond donors (Lipinski definition) is 3. The van der Waals surface area contributed by atoms with Gasteiger partial charge >= 0.3 is 5.97 Å². The second-order valence-corrected chi connectivity index (χ2v) is 4.51. The average Bonchev–Trinajstić information content (AvgIpc) is 2.40. The molecule has 6 nitrogen and oxygen atoms in total.